The number of nitrogens with one attached hydrogen (secondary N) is 1. The molecule has 1 amide bonds. The molecular weight excluding hydrogens is 372 g/mol. The molecule has 5 nitrogen and oxygen atoms in total. The molecule has 0 aliphatic rings. The van der Waals surface area contributed by atoms with E-state index >= 15 is 0 Å². The molecule has 0 aromatic heterocycles. The van der Waals surface area contributed by atoms with Gasteiger partial charge in [0.1, 0.15) is 0 Å². The number of carbonyl (C=O) groups excluding carboxylic acids is 1. The molecule has 0 aliphatic carbocycles. The molecule has 0 fully saturated rings. The van der Waals surface area contributed by atoms with Crippen molar-refractivity contribution < 1.29 is 14.3 Å². The number of hydrogen-bond donors (Lipinski definition) is 1. The Morgan fingerprint density at radius 3 is 2.58 bits per heavy atom. The van der Waals surface area contributed by atoms with Gasteiger partial charge in [-0.1, -0.05) is 28.1 Å². The van der Waals surface area contributed by atoms with E-state index in [-0.39, 0.29) is 18.6 Å². The van der Waals surface area contributed by atoms with Crippen LogP contribution in [0.5, 0.6) is 11.5 Å². The smallest absolute Gasteiger partial charge is 0.258 e. The van der Waals surface area contributed by atoms with Gasteiger partial charge in [0.2, 0.25) is 0 Å². The van der Waals surface area contributed by atoms with Crippen molar-refractivity contribution in [3.05, 3.63) is 58.1 Å². The van der Waals surface area contributed by atoms with E-state index in [0.717, 1.165) is 10.0 Å². The number of methoxy groups -OCH3 is 1. The summed E-state index contributed by atoms with van der Waals surface area (Å²) in [6, 6.07) is 14.4. The lowest BCUT2D eigenvalue weighted by Gasteiger charge is -2.15. The Kier molecular flexibility index (Phi) is 6.21. The fourth-order valence-electron chi connectivity index (χ4n) is 2.12. The first kappa shape index (κ1) is 17.8. The van der Waals surface area contributed by atoms with Crippen molar-refractivity contribution in [3.8, 4) is 17.6 Å². The highest BCUT2D eigenvalue weighted by Gasteiger charge is 2.12. The second kappa shape index (κ2) is 8.37. The molecular formula is C18H17BrN2O3. The molecule has 24 heavy (non-hydrogen) atoms. The first-order valence-corrected chi connectivity index (χ1v) is 8.08. The van der Waals surface area contributed by atoms with E-state index in [1.165, 1.54) is 7.11 Å². The van der Waals surface area contributed by atoms with Crippen molar-refractivity contribution in [2.45, 2.75) is 13.0 Å². The van der Waals surface area contributed by atoms with Gasteiger partial charge in [-0.15, -0.1) is 0 Å². The normalized spacial score (nSPS) is 11.2. The lowest BCUT2D eigenvalue weighted by Crippen LogP contribution is -2.31. The van der Waals surface area contributed by atoms with E-state index in [1.807, 2.05) is 37.3 Å². The van der Waals surface area contributed by atoms with Crippen LogP contribution in [0.2, 0.25) is 0 Å². The van der Waals surface area contributed by atoms with Gasteiger partial charge in [0.25, 0.3) is 5.91 Å². The minimum absolute atomic E-state index is 0.128. The number of hydrogen-bond acceptors (Lipinski definition) is 4. The van der Waals surface area contributed by atoms with Crippen LogP contribution in [0.15, 0.2) is 46.9 Å². The summed E-state index contributed by atoms with van der Waals surface area (Å²) < 4.78 is 11.6. The summed E-state index contributed by atoms with van der Waals surface area (Å²) in [5.74, 6) is 0.600. The number of halogens is 1. The third kappa shape index (κ3) is 4.74. The van der Waals surface area contributed by atoms with Crippen molar-refractivity contribution in [3.63, 3.8) is 0 Å². The Morgan fingerprint density at radius 2 is 1.96 bits per heavy atom. The fourth-order valence-corrected chi connectivity index (χ4v) is 2.38. The zero-order valence-electron chi connectivity index (χ0n) is 13.4. The molecule has 1 atom stereocenters. The second-order valence-electron chi connectivity index (χ2n) is 5.11. The number of rotatable bonds is 6. The SMILES string of the molecule is COc1cc(C#N)ccc1OCC(=O)N[C@H](C)c1ccc(Br)cc1. The molecule has 6 heteroatoms. The van der Waals surface area contributed by atoms with Gasteiger partial charge in [-0.25, -0.2) is 0 Å². The number of amides is 1. The van der Waals surface area contributed by atoms with E-state index in [1.54, 1.807) is 18.2 Å². The average molecular weight is 389 g/mol. The topological polar surface area (TPSA) is 71.3 Å². The third-order valence-corrected chi connectivity index (χ3v) is 3.93. The van der Waals surface area contributed by atoms with E-state index in [2.05, 4.69) is 21.2 Å². The van der Waals surface area contributed by atoms with Crippen molar-refractivity contribution in [2.75, 3.05) is 13.7 Å². The number of carbonyl (C=O) groups is 1. The molecule has 2 rings (SSSR count). The lowest BCUT2D eigenvalue weighted by molar-refractivity contribution is -0.123. The van der Waals surface area contributed by atoms with Gasteiger partial charge in [-0.2, -0.15) is 5.26 Å². The van der Waals surface area contributed by atoms with Crippen LogP contribution in [0, 0.1) is 11.3 Å². The molecule has 0 radical (unpaired) electrons. The molecule has 2 aromatic rings. The molecule has 0 bridgehead atoms. The van der Waals surface area contributed by atoms with Crippen LogP contribution in [0.25, 0.3) is 0 Å². The predicted octanol–water partition coefficient (Wildman–Crippen LogP) is 3.59. The van der Waals surface area contributed by atoms with Gasteiger partial charge in [0, 0.05) is 10.5 Å². The minimum atomic E-state index is -0.239. The predicted molar refractivity (Wildman–Crippen MR) is 93.9 cm³/mol. The monoisotopic (exact) mass is 388 g/mol. The van der Waals surface area contributed by atoms with Crippen molar-refractivity contribution in [1.82, 2.24) is 5.32 Å². The zero-order chi connectivity index (χ0) is 17.5. The Labute approximate surface area is 149 Å². The van der Waals surface area contributed by atoms with Gasteiger partial charge in [-0.3, -0.25) is 4.79 Å². The Balaban J connectivity index is 1.93. The van der Waals surface area contributed by atoms with Gasteiger partial charge >= 0.3 is 0 Å². The molecule has 0 saturated carbocycles. The summed E-state index contributed by atoms with van der Waals surface area (Å²) in [5, 5.41) is 11.8. The largest absolute Gasteiger partial charge is 0.493 e. The van der Waals surface area contributed by atoms with Crippen molar-refractivity contribution in [1.29, 1.82) is 5.26 Å². The van der Waals surface area contributed by atoms with Crippen LogP contribution in [0.1, 0.15) is 24.1 Å². The summed E-state index contributed by atoms with van der Waals surface area (Å²) in [4.78, 5) is 12.1. The Bertz CT molecular complexity index is 754. The van der Waals surface area contributed by atoms with E-state index in [9.17, 15) is 4.79 Å². The molecule has 0 aliphatic heterocycles. The van der Waals surface area contributed by atoms with Crippen molar-refractivity contribution in [2.24, 2.45) is 0 Å². The maximum Gasteiger partial charge on any atom is 0.258 e. The summed E-state index contributed by atoms with van der Waals surface area (Å²) in [5.41, 5.74) is 1.47. The van der Waals surface area contributed by atoms with Gasteiger partial charge in [0.15, 0.2) is 18.1 Å². The minimum Gasteiger partial charge on any atom is -0.493 e. The summed E-state index contributed by atoms with van der Waals surface area (Å²) >= 11 is 3.38. The standard InChI is InChI=1S/C18H17BrN2O3/c1-12(14-4-6-15(19)7-5-14)21-18(22)11-24-16-8-3-13(10-20)9-17(16)23-2/h3-9,12H,11H2,1-2H3,(H,21,22)/t12-/m1/s1. The Morgan fingerprint density at radius 1 is 1.25 bits per heavy atom. The number of nitriles is 1. The highest BCUT2D eigenvalue weighted by atomic mass is 79.9. The number of benzene rings is 2. The first-order valence-electron chi connectivity index (χ1n) is 7.29. The van der Waals surface area contributed by atoms with Crippen LogP contribution in [-0.4, -0.2) is 19.6 Å². The maximum atomic E-state index is 12.1. The van der Waals surface area contributed by atoms with Crippen LogP contribution in [0.4, 0.5) is 0 Å². The lowest BCUT2D eigenvalue weighted by atomic mass is 10.1. The third-order valence-electron chi connectivity index (χ3n) is 3.40. The Hall–Kier alpha value is -2.52. The van der Waals surface area contributed by atoms with Gasteiger partial charge < -0.3 is 14.8 Å². The molecule has 0 heterocycles. The highest BCUT2D eigenvalue weighted by molar-refractivity contribution is 9.10. The molecule has 124 valence electrons. The van der Waals surface area contributed by atoms with Gasteiger partial charge in [-0.05, 0) is 36.8 Å². The van der Waals surface area contributed by atoms with Crippen LogP contribution in [0.3, 0.4) is 0 Å². The number of nitrogens with zero attached hydrogens (tertiary/aromatic N) is 1. The summed E-state index contributed by atoms with van der Waals surface area (Å²) in [7, 11) is 1.49. The molecule has 2 aromatic carbocycles. The van der Waals surface area contributed by atoms with Crippen molar-refractivity contribution >= 4 is 21.8 Å². The number of ether oxygens (including phenoxy) is 2. The van der Waals surface area contributed by atoms with Gasteiger partial charge in [0.05, 0.1) is 24.8 Å². The maximum absolute atomic E-state index is 12.1. The van der Waals surface area contributed by atoms with Crippen LogP contribution < -0.4 is 14.8 Å². The summed E-state index contributed by atoms with van der Waals surface area (Å²) in [6.45, 7) is 1.77. The van der Waals surface area contributed by atoms with E-state index < -0.39 is 0 Å². The fraction of sp³-hybridized carbons (Fsp3) is 0.222. The van der Waals surface area contributed by atoms with Crippen LogP contribution >= 0.6 is 15.9 Å². The molecule has 1 N–H and O–H groups in total. The molecule has 0 saturated heterocycles. The second-order valence-corrected chi connectivity index (χ2v) is 6.02. The van der Waals surface area contributed by atoms with E-state index in [0.29, 0.717) is 17.1 Å². The van der Waals surface area contributed by atoms with Crippen LogP contribution in [-0.2, 0) is 4.79 Å². The first-order chi connectivity index (χ1) is 11.5. The van der Waals surface area contributed by atoms with E-state index in [4.69, 9.17) is 14.7 Å². The zero-order valence-corrected chi connectivity index (χ0v) is 15.0. The average Bonchev–Trinajstić information content (AvgIpc) is 2.60. The highest BCUT2D eigenvalue weighted by Crippen LogP contribution is 2.27. The quantitative estimate of drug-likeness (QED) is 0.820. The molecule has 0 unspecified atom stereocenters. The molecule has 0 spiro atoms. The summed E-state index contributed by atoms with van der Waals surface area (Å²) in [6.07, 6.45) is 0.